The van der Waals surface area contributed by atoms with Crippen LogP contribution in [-0.4, -0.2) is 46.7 Å². The Kier molecular flexibility index (Phi) is 4.94. The van der Waals surface area contributed by atoms with Crippen molar-refractivity contribution >= 4 is 17.3 Å². The average molecular weight is 356 g/mol. The number of nitrogens with zero attached hydrogens (tertiary/aromatic N) is 3. The van der Waals surface area contributed by atoms with Gasteiger partial charge in [-0.05, 0) is 37.8 Å². The summed E-state index contributed by atoms with van der Waals surface area (Å²) in [6.07, 6.45) is 10.1. The zero-order valence-corrected chi connectivity index (χ0v) is 15.5. The standard InChI is InChI=1S/C20H28N4O2/c1-15-17(8-5-10-21-15)22-19(25)18-12-20(26-23-18)9-11-24(14-20)13-16-6-3-2-4-7-16/h5,8,10,16H,2-4,6-7,9,11-14H2,1H3,(H,22,25). The lowest BCUT2D eigenvalue weighted by Gasteiger charge is -2.27. The first kappa shape index (κ1) is 17.5. The fourth-order valence-electron chi connectivity index (χ4n) is 4.49. The lowest BCUT2D eigenvalue weighted by Crippen LogP contribution is -2.37. The van der Waals surface area contributed by atoms with Crippen LogP contribution in [0.1, 0.15) is 50.6 Å². The molecule has 3 heterocycles. The molecule has 0 bridgehead atoms. The third-order valence-corrected chi connectivity index (χ3v) is 5.99. The third-order valence-electron chi connectivity index (χ3n) is 5.99. The summed E-state index contributed by atoms with van der Waals surface area (Å²) in [5.41, 5.74) is 1.72. The zero-order valence-electron chi connectivity index (χ0n) is 15.5. The molecule has 1 spiro atoms. The largest absolute Gasteiger partial charge is 0.387 e. The van der Waals surface area contributed by atoms with Crippen LogP contribution >= 0.6 is 0 Å². The average Bonchev–Trinajstić information content (AvgIpc) is 3.25. The molecule has 2 fully saturated rings. The molecule has 140 valence electrons. The molecule has 6 heteroatoms. The number of carbonyl (C=O) groups is 1. The number of rotatable bonds is 4. The van der Waals surface area contributed by atoms with Gasteiger partial charge in [0, 0.05) is 38.7 Å². The highest BCUT2D eigenvalue weighted by molar-refractivity contribution is 6.43. The molecule has 1 saturated carbocycles. The van der Waals surface area contributed by atoms with Crippen molar-refractivity contribution in [3.05, 3.63) is 24.0 Å². The smallest absolute Gasteiger partial charge is 0.273 e. The van der Waals surface area contributed by atoms with E-state index in [4.69, 9.17) is 4.84 Å². The Balaban J connectivity index is 1.31. The highest BCUT2D eigenvalue weighted by atomic mass is 16.7. The molecule has 0 radical (unpaired) electrons. The molecule has 2 aliphatic heterocycles. The molecule has 1 aromatic rings. The molecule has 1 saturated heterocycles. The molecular weight excluding hydrogens is 328 g/mol. The van der Waals surface area contributed by atoms with Gasteiger partial charge in [0.25, 0.3) is 5.91 Å². The monoisotopic (exact) mass is 356 g/mol. The Bertz CT molecular complexity index is 699. The van der Waals surface area contributed by atoms with E-state index in [1.165, 1.54) is 38.6 Å². The third kappa shape index (κ3) is 3.75. The van der Waals surface area contributed by atoms with Gasteiger partial charge in [0.2, 0.25) is 0 Å². The fourth-order valence-corrected chi connectivity index (χ4v) is 4.49. The van der Waals surface area contributed by atoms with Crippen LogP contribution in [0.15, 0.2) is 23.5 Å². The normalized spacial score (nSPS) is 26.7. The van der Waals surface area contributed by atoms with Gasteiger partial charge >= 0.3 is 0 Å². The molecular formula is C20H28N4O2. The van der Waals surface area contributed by atoms with E-state index >= 15 is 0 Å². The van der Waals surface area contributed by atoms with E-state index in [2.05, 4.69) is 20.4 Å². The maximum absolute atomic E-state index is 12.5. The van der Waals surface area contributed by atoms with Gasteiger partial charge in [-0.2, -0.15) is 0 Å². The van der Waals surface area contributed by atoms with E-state index in [9.17, 15) is 4.79 Å². The molecule has 1 aromatic heterocycles. The number of carbonyl (C=O) groups excluding carboxylic acids is 1. The van der Waals surface area contributed by atoms with E-state index in [0.29, 0.717) is 12.1 Å². The highest BCUT2D eigenvalue weighted by Crippen LogP contribution is 2.35. The van der Waals surface area contributed by atoms with Crippen molar-refractivity contribution in [3.63, 3.8) is 0 Å². The maximum atomic E-state index is 12.5. The lowest BCUT2D eigenvalue weighted by molar-refractivity contribution is -0.110. The summed E-state index contributed by atoms with van der Waals surface area (Å²) in [6, 6.07) is 3.67. The molecule has 1 amide bonds. The van der Waals surface area contributed by atoms with Crippen LogP contribution in [0.3, 0.4) is 0 Å². The summed E-state index contributed by atoms with van der Waals surface area (Å²) in [6.45, 7) is 4.98. The van der Waals surface area contributed by atoms with Crippen molar-refractivity contribution in [1.82, 2.24) is 9.88 Å². The first-order chi connectivity index (χ1) is 12.6. The predicted octanol–water partition coefficient (Wildman–Crippen LogP) is 3.13. The van der Waals surface area contributed by atoms with E-state index < -0.39 is 0 Å². The van der Waals surface area contributed by atoms with Crippen molar-refractivity contribution in [2.24, 2.45) is 11.1 Å². The number of anilines is 1. The minimum absolute atomic E-state index is 0.177. The van der Waals surface area contributed by atoms with Crippen LogP contribution in [0.4, 0.5) is 5.69 Å². The Labute approximate surface area is 155 Å². The number of oxime groups is 1. The van der Waals surface area contributed by atoms with Gasteiger partial charge in [0.1, 0.15) is 5.71 Å². The van der Waals surface area contributed by atoms with Crippen LogP contribution in [-0.2, 0) is 9.63 Å². The first-order valence-electron chi connectivity index (χ1n) is 9.84. The Morgan fingerprint density at radius 1 is 1.38 bits per heavy atom. The van der Waals surface area contributed by atoms with Crippen molar-refractivity contribution in [2.45, 2.75) is 57.5 Å². The number of nitrogens with one attached hydrogen (secondary N) is 1. The van der Waals surface area contributed by atoms with Crippen LogP contribution in [0.5, 0.6) is 0 Å². The molecule has 1 aliphatic carbocycles. The predicted molar refractivity (Wildman–Crippen MR) is 101 cm³/mol. The van der Waals surface area contributed by atoms with Crippen molar-refractivity contribution in [2.75, 3.05) is 25.0 Å². The van der Waals surface area contributed by atoms with Crippen LogP contribution in [0.25, 0.3) is 0 Å². The summed E-state index contributed by atoms with van der Waals surface area (Å²) in [5.74, 6) is 0.654. The van der Waals surface area contributed by atoms with Gasteiger partial charge < -0.3 is 10.2 Å². The Hall–Kier alpha value is -1.95. The molecule has 6 nitrogen and oxygen atoms in total. The van der Waals surface area contributed by atoms with E-state index in [-0.39, 0.29) is 11.5 Å². The second kappa shape index (κ2) is 7.35. The Morgan fingerprint density at radius 3 is 3.04 bits per heavy atom. The van der Waals surface area contributed by atoms with Crippen molar-refractivity contribution in [1.29, 1.82) is 0 Å². The van der Waals surface area contributed by atoms with E-state index in [1.54, 1.807) is 6.20 Å². The number of hydrogen-bond donors (Lipinski definition) is 1. The summed E-state index contributed by atoms with van der Waals surface area (Å²) >= 11 is 0. The SMILES string of the molecule is Cc1ncccc1NC(=O)C1=NOC2(CCN(CC3CCCCC3)C2)C1. The molecule has 3 aliphatic rings. The number of pyridine rings is 1. The lowest BCUT2D eigenvalue weighted by atomic mass is 9.89. The molecule has 1 atom stereocenters. The van der Waals surface area contributed by atoms with Crippen LogP contribution in [0, 0.1) is 12.8 Å². The van der Waals surface area contributed by atoms with Crippen LogP contribution in [0.2, 0.25) is 0 Å². The second-order valence-corrected chi connectivity index (χ2v) is 8.07. The van der Waals surface area contributed by atoms with Gasteiger partial charge in [-0.3, -0.25) is 14.7 Å². The topological polar surface area (TPSA) is 66.8 Å². The highest BCUT2D eigenvalue weighted by Gasteiger charge is 2.46. The maximum Gasteiger partial charge on any atom is 0.273 e. The fraction of sp³-hybridized carbons (Fsp3) is 0.650. The number of likely N-dealkylation sites (tertiary alicyclic amines) is 1. The molecule has 4 rings (SSSR count). The first-order valence-corrected chi connectivity index (χ1v) is 9.84. The zero-order chi connectivity index (χ0) is 18.0. The minimum Gasteiger partial charge on any atom is -0.387 e. The van der Waals surface area contributed by atoms with E-state index in [1.807, 2.05) is 19.1 Å². The number of aryl methyl sites for hydroxylation is 1. The number of hydrogen-bond acceptors (Lipinski definition) is 5. The summed E-state index contributed by atoms with van der Waals surface area (Å²) < 4.78 is 0. The number of amides is 1. The van der Waals surface area contributed by atoms with Gasteiger partial charge in [-0.15, -0.1) is 0 Å². The quantitative estimate of drug-likeness (QED) is 0.900. The summed E-state index contributed by atoms with van der Waals surface area (Å²) in [7, 11) is 0. The van der Waals surface area contributed by atoms with Crippen LogP contribution < -0.4 is 5.32 Å². The molecule has 26 heavy (non-hydrogen) atoms. The Morgan fingerprint density at radius 2 is 2.23 bits per heavy atom. The van der Waals surface area contributed by atoms with Gasteiger partial charge in [0.15, 0.2) is 5.60 Å². The summed E-state index contributed by atoms with van der Waals surface area (Å²) in [5, 5.41) is 7.05. The van der Waals surface area contributed by atoms with Gasteiger partial charge in [0.05, 0.1) is 11.4 Å². The van der Waals surface area contributed by atoms with Crippen molar-refractivity contribution < 1.29 is 9.63 Å². The van der Waals surface area contributed by atoms with Gasteiger partial charge in [-0.1, -0.05) is 24.4 Å². The molecule has 1 unspecified atom stereocenters. The molecule has 1 N–H and O–H groups in total. The number of aromatic nitrogens is 1. The minimum atomic E-state index is -0.300. The summed E-state index contributed by atoms with van der Waals surface area (Å²) in [4.78, 5) is 25.0. The van der Waals surface area contributed by atoms with E-state index in [0.717, 1.165) is 36.8 Å². The van der Waals surface area contributed by atoms with Gasteiger partial charge in [-0.25, -0.2) is 0 Å². The van der Waals surface area contributed by atoms with Crippen molar-refractivity contribution in [3.8, 4) is 0 Å². The second-order valence-electron chi connectivity index (χ2n) is 8.07. The molecule has 0 aromatic carbocycles.